The predicted octanol–water partition coefficient (Wildman–Crippen LogP) is 4.11. The van der Waals surface area contributed by atoms with E-state index >= 15 is 0 Å². The van der Waals surface area contributed by atoms with E-state index in [-0.39, 0.29) is 11.8 Å². The van der Waals surface area contributed by atoms with Gasteiger partial charge in [-0.2, -0.15) is 0 Å². The van der Waals surface area contributed by atoms with E-state index in [0.717, 1.165) is 22.6 Å². The molecule has 0 saturated heterocycles. The number of rotatable bonds is 6. The fourth-order valence-electron chi connectivity index (χ4n) is 2.85. The zero-order valence-electron chi connectivity index (χ0n) is 15.1. The second-order valence-corrected chi connectivity index (χ2v) is 6.42. The van der Waals surface area contributed by atoms with Crippen molar-refractivity contribution in [3.8, 4) is 0 Å². The van der Waals surface area contributed by atoms with Crippen LogP contribution in [-0.4, -0.2) is 25.0 Å². The van der Waals surface area contributed by atoms with E-state index in [1.54, 1.807) is 6.20 Å². The van der Waals surface area contributed by atoms with Crippen LogP contribution in [-0.2, 0) is 11.2 Å². The maximum atomic E-state index is 13.0. The minimum atomic E-state index is -0.292. The highest BCUT2D eigenvalue weighted by Crippen LogP contribution is 2.23. The lowest BCUT2D eigenvalue weighted by Gasteiger charge is -2.18. The molecule has 0 bridgehead atoms. The Morgan fingerprint density at radius 1 is 0.962 bits per heavy atom. The molecule has 132 valence electrons. The predicted molar refractivity (Wildman–Crippen MR) is 107 cm³/mol. The molecule has 3 aromatic rings. The number of aromatic nitrogens is 1. The molecule has 0 aliphatic carbocycles. The number of carbonyl (C=O) groups excluding carboxylic acids is 1. The van der Waals surface area contributed by atoms with E-state index in [0.29, 0.717) is 6.42 Å². The molecule has 0 saturated carbocycles. The molecule has 0 spiro atoms. The van der Waals surface area contributed by atoms with Crippen molar-refractivity contribution in [1.82, 2.24) is 4.98 Å². The lowest BCUT2D eigenvalue weighted by atomic mass is 9.93. The van der Waals surface area contributed by atoms with Crippen molar-refractivity contribution in [3.05, 3.63) is 90.3 Å². The lowest BCUT2D eigenvalue weighted by Crippen LogP contribution is -2.23. The first kappa shape index (κ1) is 17.7. The lowest BCUT2D eigenvalue weighted by molar-refractivity contribution is -0.117. The van der Waals surface area contributed by atoms with Crippen molar-refractivity contribution in [2.75, 3.05) is 24.3 Å². The van der Waals surface area contributed by atoms with E-state index in [1.807, 2.05) is 91.8 Å². The Bertz CT molecular complexity index is 830. The zero-order chi connectivity index (χ0) is 18.4. The summed E-state index contributed by atoms with van der Waals surface area (Å²) in [6.45, 7) is 0. The van der Waals surface area contributed by atoms with Crippen molar-refractivity contribution < 1.29 is 4.79 Å². The van der Waals surface area contributed by atoms with Crippen LogP contribution in [0.3, 0.4) is 0 Å². The van der Waals surface area contributed by atoms with Gasteiger partial charge in [0.25, 0.3) is 0 Å². The van der Waals surface area contributed by atoms with Crippen LogP contribution in [0.1, 0.15) is 17.2 Å². The largest absolute Gasteiger partial charge is 0.378 e. The van der Waals surface area contributed by atoms with Crippen LogP contribution in [0.15, 0.2) is 79.0 Å². The number of hydrogen-bond acceptors (Lipinski definition) is 3. The standard InChI is InChI=1S/C22H23N3O/c1-25(2)20-13-11-18(12-14-20)24-22(26)21(17-8-4-3-5-9-17)16-19-10-6-7-15-23-19/h3-15,21H,16H2,1-2H3,(H,24,26). The molecule has 4 nitrogen and oxygen atoms in total. The molecule has 0 aliphatic rings. The first-order valence-electron chi connectivity index (χ1n) is 8.66. The molecule has 0 fully saturated rings. The molecule has 1 atom stereocenters. The Labute approximate surface area is 154 Å². The first-order valence-corrected chi connectivity index (χ1v) is 8.66. The van der Waals surface area contributed by atoms with Gasteiger partial charge in [-0.15, -0.1) is 0 Å². The topological polar surface area (TPSA) is 45.2 Å². The van der Waals surface area contributed by atoms with Crippen molar-refractivity contribution >= 4 is 17.3 Å². The molecule has 1 aromatic heterocycles. The van der Waals surface area contributed by atoms with Crippen LogP contribution in [0.4, 0.5) is 11.4 Å². The summed E-state index contributed by atoms with van der Waals surface area (Å²) in [5, 5.41) is 3.04. The average molecular weight is 345 g/mol. The molecule has 2 aromatic carbocycles. The van der Waals surface area contributed by atoms with E-state index in [4.69, 9.17) is 0 Å². The van der Waals surface area contributed by atoms with Gasteiger partial charge in [-0.05, 0) is 42.0 Å². The number of anilines is 2. The minimum absolute atomic E-state index is 0.0283. The van der Waals surface area contributed by atoms with Gasteiger partial charge in [0.15, 0.2) is 0 Å². The SMILES string of the molecule is CN(C)c1ccc(NC(=O)C(Cc2ccccn2)c2ccccc2)cc1. The quantitative estimate of drug-likeness (QED) is 0.731. The third kappa shape index (κ3) is 4.48. The Morgan fingerprint density at radius 2 is 1.65 bits per heavy atom. The van der Waals surface area contributed by atoms with Gasteiger partial charge >= 0.3 is 0 Å². The second kappa shape index (κ2) is 8.30. The molecule has 1 N–H and O–H groups in total. The summed E-state index contributed by atoms with van der Waals surface area (Å²) in [5.74, 6) is -0.320. The van der Waals surface area contributed by atoms with Gasteiger partial charge in [-0.1, -0.05) is 36.4 Å². The number of benzene rings is 2. The van der Waals surface area contributed by atoms with Crippen LogP contribution >= 0.6 is 0 Å². The average Bonchev–Trinajstić information content (AvgIpc) is 2.68. The Morgan fingerprint density at radius 3 is 2.27 bits per heavy atom. The molecule has 3 rings (SSSR count). The van der Waals surface area contributed by atoms with Crippen molar-refractivity contribution in [3.63, 3.8) is 0 Å². The normalized spacial score (nSPS) is 11.6. The molecule has 1 amide bonds. The van der Waals surface area contributed by atoms with Crippen LogP contribution < -0.4 is 10.2 Å². The van der Waals surface area contributed by atoms with Gasteiger partial charge in [0, 0.05) is 43.8 Å². The molecule has 1 heterocycles. The van der Waals surface area contributed by atoms with Crippen molar-refractivity contribution in [2.24, 2.45) is 0 Å². The molecule has 4 heteroatoms. The molecule has 0 aliphatic heterocycles. The van der Waals surface area contributed by atoms with Gasteiger partial charge in [0.05, 0.1) is 5.92 Å². The number of nitrogens with one attached hydrogen (secondary N) is 1. The van der Waals surface area contributed by atoms with E-state index in [9.17, 15) is 4.79 Å². The highest BCUT2D eigenvalue weighted by molar-refractivity contribution is 5.96. The fourth-order valence-corrected chi connectivity index (χ4v) is 2.85. The van der Waals surface area contributed by atoms with Crippen LogP contribution in [0, 0.1) is 0 Å². The van der Waals surface area contributed by atoms with Gasteiger partial charge in [0.2, 0.25) is 5.91 Å². The Kier molecular flexibility index (Phi) is 5.64. The number of hydrogen-bond donors (Lipinski definition) is 1. The van der Waals surface area contributed by atoms with Gasteiger partial charge in [-0.3, -0.25) is 9.78 Å². The minimum Gasteiger partial charge on any atom is -0.378 e. The molecule has 26 heavy (non-hydrogen) atoms. The number of carbonyl (C=O) groups is 1. The molecule has 1 unspecified atom stereocenters. The molecular weight excluding hydrogens is 322 g/mol. The summed E-state index contributed by atoms with van der Waals surface area (Å²) in [5.41, 5.74) is 3.78. The third-order valence-corrected chi connectivity index (χ3v) is 4.31. The summed E-state index contributed by atoms with van der Waals surface area (Å²) in [6, 6.07) is 23.5. The third-order valence-electron chi connectivity index (χ3n) is 4.31. The Hall–Kier alpha value is -3.14. The van der Waals surface area contributed by atoms with E-state index < -0.39 is 0 Å². The number of nitrogens with zero attached hydrogens (tertiary/aromatic N) is 2. The summed E-state index contributed by atoms with van der Waals surface area (Å²) >= 11 is 0. The smallest absolute Gasteiger partial charge is 0.232 e. The fraction of sp³-hybridized carbons (Fsp3) is 0.182. The highest BCUT2D eigenvalue weighted by atomic mass is 16.1. The molecular formula is C22H23N3O. The Balaban J connectivity index is 1.80. The zero-order valence-corrected chi connectivity index (χ0v) is 15.1. The van der Waals surface area contributed by atoms with Crippen molar-refractivity contribution in [1.29, 1.82) is 0 Å². The maximum Gasteiger partial charge on any atom is 0.232 e. The summed E-state index contributed by atoms with van der Waals surface area (Å²) in [4.78, 5) is 19.4. The molecule has 0 radical (unpaired) electrons. The van der Waals surface area contributed by atoms with Crippen molar-refractivity contribution in [2.45, 2.75) is 12.3 Å². The van der Waals surface area contributed by atoms with Gasteiger partial charge in [0.1, 0.15) is 0 Å². The van der Waals surface area contributed by atoms with Gasteiger partial charge < -0.3 is 10.2 Å². The van der Waals surface area contributed by atoms with E-state index in [1.165, 1.54) is 0 Å². The van der Waals surface area contributed by atoms with Crippen LogP contribution in [0.2, 0.25) is 0 Å². The van der Waals surface area contributed by atoms with E-state index in [2.05, 4.69) is 10.3 Å². The highest BCUT2D eigenvalue weighted by Gasteiger charge is 2.21. The van der Waals surface area contributed by atoms with Crippen LogP contribution in [0.5, 0.6) is 0 Å². The summed E-state index contributed by atoms with van der Waals surface area (Å²) in [6.07, 6.45) is 2.32. The number of pyridine rings is 1. The van der Waals surface area contributed by atoms with Gasteiger partial charge in [-0.25, -0.2) is 0 Å². The second-order valence-electron chi connectivity index (χ2n) is 6.42. The monoisotopic (exact) mass is 345 g/mol. The van der Waals surface area contributed by atoms with Crippen LogP contribution in [0.25, 0.3) is 0 Å². The number of amides is 1. The summed E-state index contributed by atoms with van der Waals surface area (Å²) < 4.78 is 0. The summed E-state index contributed by atoms with van der Waals surface area (Å²) in [7, 11) is 3.98. The first-order chi connectivity index (χ1) is 12.6. The maximum absolute atomic E-state index is 13.0.